The largest absolute Gasteiger partial charge is 0.383 e. The molecule has 1 aliphatic rings. The van der Waals surface area contributed by atoms with E-state index in [1.54, 1.807) is 7.11 Å². The zero-order valence-electron chi connectivity index (χ0n) is 11.4. The van der Waals surface area contributed by atoms with Crippen molar-refractivity contribution in [2.45, 2.75) is 39.2 Å². The van der Waals surface area contributed by atoms with Crippen LogP contribution in [0.3, 0.4) is 0 Å². The van der Waals surface area contributed by atoms with E-state index in [0.717, 1.165) is 13.2 Å². The highest BCUT2D eigenvalue weighted by molar-refractivity contribution is 4.91. The van der Waals surface area contributed by atoms with Crippen LogP contribution in [0.15, 0.2) is 0 Å². The first-order valence-corrected chi connectivity index (χ1v) is 6.59. The zero-order valence-corrected chi connectivity index (χ0v) is 11.4. The molecule has 0 aliphatic carbocycles. The minimum atomic E-state index is 0.537. The van der Waals surface area contributed by atoms with E-state index in [2.05, 4.69) is 24.1 Å². The molecule has 3 nitrogen and oxygen atoms in total. The first-order valence-electron chi connectivity index (χ1n) is 6.59. The van der Waals surface area contributed by atoms with Gasteiger partial charge in [-0.15, -0.1) is 0 Å². The fourth-order valence-corrected chi connectivity index (χ4v) is 2.83. The molecule has 1 fully saturated rings. The Morgan fingerprint density at radius 1 is 1.38 bits per heavy atom. The third kappa shape index (κ3) is 3.19. The number of nitrogens with zero attached hydrogens (tertiary/aromatic N) is 1. The number of rotatable bonds is 7. The molecular weight excluding hydrogens is 200 g/mol. The molecule has 1 unspecified atom stereocenters. The summed E-state index contributed by atoms with van der Waals surface area (Å²) >= 11 is 0. The normalized spacial score (nSPS) is 22.5. The Hall–Kier alpha value is -0.120. The molecule has 0 bridgehead atoms. The molecule has 0 amide bonds. The van der Waals surface area contributed by atoms with Crippen molar-refractivity contribution in [3.8, 4) is 0 Å². The van der Waals surface area contributed by atoms with Crippen LogP contribution in [0.5, 0.6) is 0 Å². The maximum absolute atomic E-state index is 5.32. The molecule has 96 valence electrons. The summed E-state index contributed by atoms with van der Waals surface area (Å²) in [5, 5.41) is 3.27. The third-order valence-electron chi connectivity index (χ3n) is 4.28. The van der Waals surface area contributed by atoms with Crippen molar-refractivity contribution in [1.29, 1.82) is 0 Å². The second kappa shape index (κ2) is 6.58. The van der Waals surface area contributed by atoms with Gasteiger partial charge >= 0.3 is 0 Å². The van der Waals surface area contributed by atoms with E-state index < -0.39 is 0 Å². The van der Waals surface area contributed by atoms with Crippen molar-refractivity contribution in [3.63, 3.8) is 0 Å². The van der Waals surface area contributed by atoms with E-state index in [4.69, 9.17) is 4.74 Å². The highest BCUT2D eigenvalue weighted by Gasteiger charge is 2.37. The number of ether oxygens (including phenoxy) is 1. The average molecular weight is 228 g/mol. The van der Waals surface area contributed by atoms with Crippen molar-refractivity contribution < 1.29 is 4.74 Å². The van der Waals surface area contributed by atoms with E-state index in [1.165, 1.54) is 32.4 Å². The fraction of sp³-hybridized carbons (Fsp3) is 1.00. The zero-order chi connectivity index (χ0) is 12.0. The molecule has 1 aliphatic heterocycles. The lowest BCUT2D eigenvalue weighted by atomic mass is 9.82. The number of hydrogen-bond acceptors (Lipinski definition) is 3. The highest BCUT2D eigenvalue weighted by atomic mass is 16.5. The first-order chi connectivity index (χ1) is 7.71. The lowest BCUT2D eigenvalue weighted by Crippen LogP contribution is -2.44. The van der Waals surface area contributed by atoms with Crippen LogP contribution in [0.4, 0.5) is 0 Å². The summed E-state index contributed by atoms with van der Waals surface area (Å²) in [4.78, 5) is 2.60. The minimum Gasteiger partial charge on any atom is -0.383 e. The van der Waals surface area contributed by atoms with Crippen LogP contribution in [0.2, 0.25) is 0 Å². The molecule has 0 aromatic rings. The van der Waals surface area contributed by atoms with Gasteiger partial charge < -0.3 is 10.1 Å². The number of likely N-dealkylation sites (tertiary alicyclic amines) is 1. The van der Waals surface area contributed by atoms with Gasteiger partial charge in [-0.3, -0.25) is 4.90 Å². The maximum Gasteiger partial charge on any atom is 0.0630 e. The van der Waals surface area contributed by atoms with Gasteiger partial charge in [0.15, 0.2) is 0 Å². The van der Waals surface area contributed by atoms with Crippen LogP contribution < -0.4 is 5.32 Å². The Morgan fingerprint density at radius 3 is 2.50 bits per heavy atom. The molecule has 0 spiro atoms. The van der Waals surface area contributed by atoms with Crippen molar-refractivity contribution in [2.75, 3.05) is 40.4 Å². The van der Waals surface area contributed by atoms with E-state index in [1.807, 2.05) is 7.05 Å². The topological polar surface area (TPSA) is 24.5 Å². The molecule has 1 N–H and O–H groups in total. The molecule has 0 saturated carbocycles. The Bertz CT molecular complexity index is 186. The number of hydrogen-bond donors (Lipinski definition) is 1. The second-order valence-corrected chi connectivity index (χ2v) is 5.09. The summed E-state index contributed by atoms with van der Waals surface area (Å²) in [5.41, 5.74) is 0.569. The number of methoxy groups -OCH3 is 1. The van der Waals surface area contributed by atoms with Crippen molar-refractivity contribution in [3.05, 3.63) is 0 Å². The van der Waals surface area contributed by atoms with Gasteiger partial charge in [-0.25, -0.2) is 0 Å². The Labute approximate surface area is 101 Å². The quantitative estimate of drug-likeness (QED) is 0.718. The molecule has 1 atom stereocenters. The van der Waals surface area contributed by atoms with Gasteiger partial charge in [0, 0.05) is 26.2 Å². The Morgan fingerprint density at radius 2 is 2.06 bits per heavy atom. The SMILES string of the molecule is CCC1(CC)CCN(C(CNC)COC)C1. The molecule has 1 saturated heterocycles. The van der Waals surface area contributed by atoms with Crippen LogP contribution in [-0.2, 0) is 4.74 Å². The predicted octanol–water partition coefficient (Wildman–Crippen LogP) is 1.73. The minimum absolute atomic E-state index is 0.537. The summed E-state index contributed by atoms with van der Waals surface area (Å²) in [6.07, 6.45) is 3.96. The standard InChI is InChI=1S/C13H28N2O/c1-5-13(6-2)7-8-15(11-13)12(9-14-3)10-16-4/h12,14H,5-11H2,1-4H3. The second-order valence-electron chi connectivity index (χ2n) is 5.09. The van der Waals surface area contributed by atoms with Gasteiger partial charge in [-0.05, 0) is 38.3 Å². The summed E-state index contributed by atoms with van der Waals surface area (Å²) in [6, 6.07) is 0.537. The van der Waals surface area contributed by atoms with E-state index in [0.29, 0.717) is 11.5 Å². The summed E-state index contributed by atoms with van der Waals surface area (Å²) in [6.45, 7) is 9.00. The van der Waals surface area contributed by atoms with Gasteiger partial charge in [0.2, 0.25) is 0 Å². The van der Waals surface area contributed by atoms with E-state index in [9.17, 15) is 0 Å². The maximum atomic E-state index is 5.32. The molecule has 1 rings (SSSR count). The number of likely N-dealkylation sites (N-methyl/N-ethyl adjacent to an activating group) is 1. The molecule has 16 heavy (non-hydrogen) atoms. The van der Waals surface area contributed by atoms with E-state index >= 15 is 0 Å². The third-order valence-corrected chi connectivity index (χ3v) is 4.28. The van der Waals surface area contributed by atoms with Gasteiger partial charge in [0.1, 0.15) is 0 Å². The Kier molecular flexibility index (Phi) is 5.73. The van der Waals surface area contributed by atoms with Crippen molar-refractivity contribution >= 4 is 0 Å². The molecule has 0 radical (unpaired) electrons. The van der Waals surface area contributed by atoms with Crippen molar-refractivity contribution in [1.82, 2.24) is 10.2 Å². The molecular formula is C13H28N2O. The lowest BCUT2D eigenvalue weighted by molar-refractivity contribution is 0.0953. The van der Waals surface area contributed by atoms with Crippen LogP contribution in [0.1, 0.15) is 33.1 Å². The van der Waals surface area contributed by atoms with Crippen LogP contribution in [-0.4, -0.2) is 51.3 Å². The fourth-order valence-electron chi connectivity index (χ4n) is 2.83. The molecule has 0 aromatic carbocycles. The van der Waals surface area contributed by atoms with E-state index in [-0.39, 0.29) is 0 Å². The van der Waals surface area contributed by atoms with Crippen LogP contribution >= 0.6 is 0 Å². The smallest absolute Gasteiger partial charge is 0.0630 e. The summed E-state index contributed by atoms with van der Waals surface area (Å²) in [5.74, 6) is 0. The van der Waals surface area contributed by atoms with Gasteiger partial charge in [0.25, 0.3) is 0 Å². The van der Waals surface area contributed by atoms with Crippen molar-refractivity contribution in [2.24, 2.45) is 5.41 Å². The monoisotopic (exact) mass is 228 g/mol. The Balaban J connectivity index is 2.54. The molecule has 1 heterocycles. The predicted molar refractivity (Wildman–Crippen MR) is 68.8 cm³/mol. The highest BCUT2D eigenvalue weighted by Crippen LogP contribution is 2.37. The van der Waals surface area contributed by atoms with Gasteiger partial charge in [0.05, 0.1) is 6.61 Å². The van der Waals surface area contributed by atoms with Gasteiger partial charge in [-0.2, -0.15) is 0 Å². The first kappa shape index (κ1) is 13.9. The van der Waals surface area contributed by atoms with Gasteiger partial charge in [-0.1, -0.05) is 13.8 Å². The molecule has 0 aromatic heterocycles. The lowest BCUT2D eigenvalue weighted by Gasteiger charge is -2.31. The van der Waals surface area contributed by atoms with Crippen LogP contribution in [0, 0.1) is 5.41 Å². The molecule has 3 heteroatoms. The number of nitrogens with one attached hydrogen (secondary N) is 1. The average Bonchev–Trinajstić information content (AvgIpc) is 2.74. The summed E-state index contributed by atoms with van der Waals surface area (Å²) in [7, 11) is 3.82. The summed E-state index contributed by atoms with van der Waals surface area (Å²) < 4.78 is 5.32. The van der Waals surface area contributed by atoms with Crippen LogP contribution in [0.25, 0.3) is 0 Å².